The van der Waals surface area contributed by atoms with E-state index < -0.39 is 6.04 Å². The monoisotopic (exact) mass is 277 g/mol. The minimum atomic E-state index is -0.606. The molecule has 0 aromatic heterocycles. The van der Waals surface area contributed by atoms with Crippen LogP contribution in [0.2, 0.25) is 0 Å². The Morgan fingerprint density at radius 2 is 1.90 bits per heavy atom. The van der Waals surface area contributed by atoms with Crippen LogP contribution in [0.5, 0.6) is 5.75 Å². The maximum absolute atomic E-state index is 11.3. The van der Waals surface area contributed by atoms with Gasteiger partial charge in [0.2, 0.25) is 0 Å². The van der Waals surface area contributed by atoms with Gasteiger partial charge in [0, 0.05) is 0 Å². The van der Waals surface area contributed by atoms with Crippen LogP contribution in [0.1, 0.15) is 37.7 Å². The zero-order chi connectivity index (χ0) is 14.4. The fourth-order valence-electron chi connectivity index (χ4n) is 2.57. The number of ether oxygens (including phenoxy) is 2. The zero-order valence-corrected chi connectivity index (χ0v) is 12.0. The van der Waals surface area contributed by atoms with E-state index in [2.05, 4.69) is 4.74 Å². The predicted octanol–water partition coefficient (Wildman–Crippen LogP) is 2.44. The Bertz CT molecular complexity index is 424. The number of carbonyl (C=O) groups excluding carboxylic acids is 1. The fourth-order valence-corrected chi connectivity index (χ4v) is 2.57. The van der Waals surface area contributed by atoms with E-state index in [1.165, 1.54) is 26.4 Å². The molecule has 0 bridgehead atoms. The van der Waals surface area contributed by atoms with Crippen LogP contribution in [0.3, 0.4) is 0 Å². The highest BCUT2D eigenvalue weighted by atomic mass is 16.5. The molecule has 110 valence electrons. The van der Waals surface area contributed by atoms with E-state index in [1.807, 2.05) is 24.3 Å². The molecule has 1 aromatic carbocycles. The highest BCUT2D eigenvalue weighted by Crippen LogP contribution is 2.23. The lowest BCUT2D eigenvalue weighted by Gasteiger charge is -2.23. The van der Waals surface area contributed by atoms with Gasteiger partial charge < -0.3 is 15.2 Å². The van der Waals surface area contributed by atoms with Crippen LogP contribution in [0.25, 0.3) is 0 Å². The van der Waals surface area contributed by atoms with E-state index in [9.17, 15) is 4.79 Å². The van der Waals surface area contributed by atoms with E-state index >= 15 is 0 Å². The van der Waals surface area contributed by atoms with Crippen LogP contribution in [-0.2, 0) is 16.0 Å². The van der Waals surface area contributed by atoms with E-state index in [1.54, 1.807) is 0 Å². The lowest BCUT2D eigenvalue weighted by atomic mass is 9.98. The standard InChI is InChI=1S/C16H23NO3/c1-19-16(18)15(17)11-12-7-9-14(10-8-12)20-13-5-3-2-4-6-13/h7-10,13,15H,2-6,11,17H2,1H3. The fraction of sp³-hybridized carbons (Fsp3) is 0.562. The van der Waals surface area contributed by atoms with Gasteiger partial charge in [-0.15, -0.1) is 0 Å². The number of benzene rings is 1. The Hall–Kier alpha value is -1.55. The summed E-state index contributed by atoms with van der Waals surface area (Å²) >= 11 is 0. The largest absolute Gasteiger partial charge is 0.490 e. The first-order valence-electron chi connectivity index (χ1n) is 7.28. The van der Waals surface area contributed by atoms with Gasteiger partial charge in [-0.05, 0) is 49.8 Å². The molecule has 0 aliphatic heterocycles. The molecule has 1 fully saturated rings. The molecule has 1 atom stereocenters. The maximum Gasteiger partial charge on any atom is 0.322 e. The molecule has 1 saturated carbocycles. The number of hydrogen-bond acceptors (Lipinski definition) is 4. The Balaban J connectivity index is 1.87. The molecule has 0 saturated heterocycles. The van der Waals surface area contributed by atoms with Crippen molar-refractivity contribution in [2.24, 2.45) is 5.73 Å². The van der Waals surface area contributed by atoms with Crippen molar-refractivity contribution in [3.05, 3.63) is 29.8 Å². The molecule has 4 heteroatoms. The van der Waals surface area contributed by atoms with E-state index in [-0.39, 0.29) is 5.97 Å². The predicted molar refractivity (Wildman–Crippen MR) is 77.6 cm³/mol. The Labute approximate surface area is 120 Å². The van der Waals surface area contributed by atoms with E-state index in [0.717, 1.165) is 24.2 Å². The summed E-state index contributed by atoms with van der Waals surface area (Å²) in [5.74, 6) is 0.514. The van der Waals surface area contributed by atoms with Gasteiger partial charge in [0.05, 0.1) is 13.2 Å². The first-order chi connectivity index (χ1) is 9.69. The Kier molecular flexibility index (Phi) is 5.41. The topological polar surface area (TPSA) is 61.5 Å². The van der Waals surface area contributed by atoms with Crippen molar-refractivity contribution >= 4 is 5.97 Å². The van der Waals surface area contributed by atoms with Gasteiger partial charge in [-0.1, -0.05) is 18.6 Å². The summed E-state index contributed by atoms with van der Waals surface area (Å²) in [5.41, 5.74) is 6.75. The normalized spacial score (nSPS) is 17.5. The summed E-state index contributed by atoms with van der Waals surface area (Å²) in [6.45, 7) is 0. The van der Waals surface area contributed by atoms with Gasteiger partial charge in [-0.25, -0.2) is 0 Å². The Morgan fingerprint density at radius 3 is 2.50 bits per heavy atom. The first-order valence-corrected chi connectivity index (χ1v) is 7.28. The molecule has 1 aromatic rings. The second kappa shape index (κ2) is 7.29. The minimum Gasteiger partial charge on any atom is -0.490 e. The van der Waals surface area contributed by atoms with Crippen molar-refractivity contribution in [2.75, 3.05) is 7.11 Å². The highest BCUT2D eigenvalue weighted by molar-refractivity contribution is 5.75. The third-order valence-electron chi connectivity index (χ3n) is 3.74. The minimum absolute atomic E-state index is 0.354. The van der Waals surface area contributed by atoms with Crippen LogP contribution < -0.4 is 10.5 Å². The van der Waals surface area contributed by atoms with Gasteiger partial charge in [-0.3, -0.25) is 4.79 Å². The summed E-state index contributed by atoms with van der Waals surface area (Å²) in [4.78, 5) is 11.3. The van der Waals surface area contributed by atoms with Gasteiger partial charge in [-0.2, -0.15) is 0 Å². The van der Waals surface area contributed by atoms with Crippen molar-refractivity contribution in [2.45, 2.75) is 50.7 Å². The first kappa shape index (κ1) is 14.9. The van der Waals surface area contributed by atoms with Crippen molar-refractivity contribution in [3.63, 3.8) is 0 Å². The van der Waals surface area contributed by atoms with Crippen LogP contribution >= 0.6 is 0 Å². The molecule has 1 unspecified atom stereocenters. The highest BCUT2D eigenvalue weighted by Gasteiger charge is 2.16. The second-order valence-electron chi connectivity index (χ2n) is 5.36. The van der Waals surface area contributed by atoms with Gasteiger partial charge >= 0.3 is 5.97 Å². The molecule has 1 aliphatic carbocycles. The Morgan fingerprint density at radius 1 is 1.25 bits per heavy atom. The number of rotatable bonds is 5. The summed E-state index contributed by atoms with van der Waals surface area (Å²) in [6, 6.07) is 7.22. The zero-order valence-electron chi connectivity index (χ0n) is 12.0. The van der Waals surface area contributed by atoms with Gasteiger partial charge in [0.1, 0.15) is 11.8 Å². The lowest BCUT2D eigenvalue weighted by Crippen LogP contribution is -2.33. The molecular weight excluding hydrogens is 254 g/mol. The van der Waals surface area contributed by atoms with Crippen LogP contribution in [-0.4, -0.2) is 25.2 Å². The van der Waals surface area contributed by atoms with Crippen molar-refractivity contribution in [1.82, 2.24) is 0 Å². The number of esters is 1. The summed E-state index contributed by atoms with van der Waals surface area (Å²) in [6.07, 6.45) is 6.98. The average Bonchev–Trinajstić information content (AvgIpc) is 2.49. The van der Waals surface area contributed by atoms with Gasteiger partial charge in [0.15, 0.2) is 0 Å². The molecule has 4 nitrogen and oxygen atoms in total. The third kappa shape index (κ3) is 4.23. The number of nitrogens with two attached hydrogens (primary N) is 1. The van der Waals surface area contributed by atoms with Crippen LogP contribution in [0.15, 0.2) is 24.3 Å². The molecule has 0 heterocycles. The molecule has 20 heavy (non-hydrogen) atoms. The van der Waals surface area contributed by atoms with E-state index in [4.69, 9.17) is 10.5 Å². The molecule has 0 amide bonds. The second-order valence-corrected chi connectivity index (χ2v) is 5.36. The molecular formula is C16H23NO3. The summed E-state index contributed by atoms with van der Waals surface area (Å²) in [7, 11) is 1.35. The number of carbonyl (C=O) groups is 1. The molecule has 1 aliphatic rings. The van der Waals surface area contributed by atoms with Gasteiger partial charge in [0.25, 0.3) is 0 Å². The quantitative estimate of drug-likeness (QED) is 0.840. The molecule has 2 N–H and O–H groups in total. The molecule has 0 spiro atoms. The van der Waals surface area contributed by atoms with Crippen LogP contribution in [0, 0.1) is 0 Å². The van der Waals surface area contributed by atoms with Crippen molar-refractivity contribution in [3.8, 4) is 5.75 Å². The van der Waals surface area contributed by atoms with E-state index in [0.29, 0.717) is 12.5 Å². The molecule has 2 rings (SSSR count). The van der Waals surface area contributed by atoms with Crippen LogP contribution in [0.4, 0.5) is 0 Å². The third-order valence-corrected chi connectivity index (χ3v) is 3.74. The lowest BCUT2D eigenvalue weighted by molar-refractivity contribution is -0.142. The van der Waals surface area contributed by atoms with Crippen molar-refractivity contribution in [1.29, 1.82) is 0 Å². The number of methoxy groups -OCH3 is 1. The average molecular weight is 277 g/mol. The molecule has 0 radical (unpaired) electrons. The smallest absolute Gasteiger partial charge is 0.322 e. The maximum atomic E-state index is 11.3. The SMILES string of the molecule is COC(=O)C(N)Cc1ccc(OC2CCCCC2)cc1. The summed E-state index contributed by atoms with van der Waals surface area (Å²) < 4.78 is 10.6. The summed E-state index contributed by atoms with van der Waals surface area (Å²) in [5, 5.41) is 0. The van der Waals surface area contributed by atoms with Crippen molar-refractivity contribution < 1.29 is 14.3 Å². The number of hydrogen-bond donors (Lipinski definition) is 1.